The van der Waals surface area contributed by atoms with Gasteiger partial charge in [0.25, 0.3) is 0 Å². The molecule has 3 rings (SSSR count). The summed E-state index contributed by atoms with van der Waals surface area (Å²) in [5, 5.41) is 4.26. The Hall–Kier alpha value is -1.24. The number of anilines is 1. The van der Waals surface area contributed by atoms with E-state index in [1.807, 2.05) is 4.90 Å². The van der Waals surface area contributed by atoms with Gasteiger partial charge in [0, 0.05) is 44.6 Å². The van der Waals surface area contributed by atoms with Gasteiger partial charge in [-0.1, -0.05) is 23.2 Å². The van der Waals surface area contributed by atoms with Gasteiger partial charge in [0.1, 0.15) is 0 Å². The van der Waals surface area contributed by atoms with E-state index in [9.17, 15) is 4.79 Å². The molecule has 2 amide bonds. The Morgan fingerprint density at radius 2 is 1.67 bits per heavy atom. The first-order valence-electron chi connectivity index (χ1n) is 8.32. The van der Waals surface area contributed by atoms with E-state index in [4.69, 9.17) is 23.2 Å². The van der Waals surface area contributed by atoms with Crippen molar-refractivity contribution in [2.45, 2.75) is 18.9 Å². The molecular weight excluding hydrogens is 349 g/mol. The number of pyridine rings is 1. The largest absolute Gasteiger partial charge is 0.365 e. The zero-order valence-corrected chi connectivity index (χ0v) is 15.4. The van der Waals surface area contributed by atoms with Crippen molar-refractivity contribution >= 4 is 34.9 Å². The second-order valence-corrected chi connectivity index (χ2v) is 7.27. The number of hydrogen-bond acceptors (Lipinski definition) is 4. The average Bonchev–Trinajstić information content (AvgIpc) is 2.57. The number of rotatable bonds is 2. The van der Waals surface area contributed by atoms with Gasteiger partial charge in [-0.3, -0.25) is 4.98 Å². The van der Waals surface area contributed by atoms with Crippen molar-refractivity contribution in [2.24, 2.45) is 0 Å². The Bertz CT molecular complexity index is 564. The van der Waals surface area contributed by atoms with E-state index >= 15 is 0 Å². The van der Waals surface area contributed by atoms with E-state index in [2.05, 4.69) is 27.1 Å². The van der Waals surface area contributed by atoms with Crippen molar-refractivity contribution in [3.8, 4) is 0 Å². The molecule has 2 aliphatic heterocycles. The number of nitrogens with zero attached hydrogens (tertiary/aromatic N) is 4. The van der Waals surface area contributed by atoms with Gasteiger partial charge in [-0.05, 0) is 33.0 Å². The maximum Gasteiger partial charge on any atom is 0.317 e. The smallest absolute Gasteiger partial charge is 0.317 e. The van der Waals surface area contributed by atoms with Gasteiger partial charge in [-0.25, -0.2) is 4.79 Å². The highest BCUT2D eigenvalue weighted by atomic mass is 35.5. The van der Waals surface area contributed by atoms with Crippen molar-refractivity contribution in [1.82, 2.24) is 20.1 Å². The number of carbonyl (C=O) groups is 1. The van der Waals surface area contributed by atoms with E-state index in [0.29, 0.717) is 36.2 Å². The number of piperidine rings is 1. The number of halogens is 2. The lowest BCUT2D eigenvalue weighted by Crippen LogP contribution is -2.54. The van der Waals surface area contributed by atoms with Gasteiger partial charge in [0.15, 0.2) is 0 Å². The third-order valence-electron chi connectivity index (χ3n) is 4.76. The number of carbonyl (C=O) groups excluding carboxylic acids is 1. The van der Waals surface area contributed by atoms with Crippen LogP contribution in [0.5, 0.6) is 0 Å². The predicted molar refractivity (Wildman–Crippen MR) is 97.1 cm³/mol. The molecule has 6 nitrogen and oxygen atoms in total. The van der Waals surface area contributed by atoms with Crippen molar-refractivity contribution in [3.05, 3.63) is 22.4 Å². The second-order valence-electron chi connectivity index (χ2n) is 6.45. The van der Waals surface area contributed by atoms with Crippen LogP contribution in [-0.4, -0.2) is 73.2 Å². The topological polar surface area (TPSA) is 51.7 Å². The Kier molecular flexibility index (Phi) is 5.69. The first-order valence-corrected chi connectivity index (χ1v) is 9.08. The summed E-state index contributed by atoms with van der Waals surface area (Å²) in [5.74, 6) is 0. The zero-order chi connectivity index (χ0) is 17.1. The SMILES string of the molecule is CN1CCC(NC(=O)N2CCN(c3c(Cl)cncc3Cl)CC2)CC1. The fraction of sp³-hybridized carbons (Fsp3) is 0.625. The first-order chi connectivity index (χ1) is 11.5. The second kappa shape index (κ2) is 7.76. The molecule has 132 valence electrons. The summed E-state index contributed by atoms with van der Waals surface area (Å²) in [6, 6.07) is 0.326. The number of likely N-dealkylation sites (tertiary alicyclic amines) is 1. The molecule has 24 heavy (non-hydrogen) atoms. The summed E-state index contributed by atoms with van der Waals surface area (Å²) in [6.07, 6.45) is 5.23. The van der Waals surface area contributed by atoms with Crippen LogP contribution in [0.2, 0.25) is 10.0 Å². The van der Waals surface area contributed by atoms with E-state index < -0.39 is 0 Å². The predicted octanol–water partition coefficient (Wildman–Crippen LogP) is 2.31. The number of hydrogen-bond donors (Lipinski definition) is 1. The monoisotopic (exact) mass is 371 g/mol. The maximum atomic E-state index is 12.4. The molecular formula is C16H23Cl2N5O. The first kappa shape index (κ1) is 17.6. The molecule has 2 saturated heterocycles. The Morgan fingerprint density at radius 1 is 1.08 bits per heavy atom. The normalized spacial score (nSPS) is 20.3. The van der Waals surface area contributed by atoms with Crippen LogP contribution in [0.1, 0.15) is 12.8 Å². The van der Waals surface area contributed by atoms with E-state index in [0.717, 1.165) is 31.6 Å². The summed E-state index contributed by atoms with van der Waals surface area (Å²) < 4.78 is 0. The molecule has 0 atom stereocenters. The lowest BCUT2D eigenvalue weighted by Gasteiger charge is -2.38. The number of piperazine rings is 1. The van der Waals surface area contributed by atoms with Gasteiger partial charge in [-0.15, -0.1) is 0 Å². The fourth-order valence-electron chi connectivity index (χ4n) is 3.26. The van der Waals surface area contributed by atoms with Crippen LogP contribution in [-0.2, 0) is 0 Å². The molecule has 0 aliphatic carbocycles. The summed E-state index contributed by atoms with van der Waals surface area (Å²) in [5.41, 5.74) is 0.809. The van der Waals surface area contributed by atoms with Crippen molar-refractivity contribution in [1.29, 1.82) is 0 Å². The van der Waals surface area contributed by atoms with Crippen LogP contribution >= 0.6 is 23.2 Å². The van der Waals surface area contributed by atoms with Crippen molar-refractivity contribution in [3.63, 3.8) is 0 Å². The van der Waals surface area contributed by atoms with E-state index in [1.54, 1.807) is 12.4 Å². The number of urea groups is 1. The van der Waals surface area contributed by atoms with Gasteiger partial charge < -0.3 is 20.0 Å². The minimum absolute atomic E-state index is 0.0381. The summed E-state index contributed by atoms with van der Waals surface area (Å²) in [7, 11) is 2.12. The van der Waals surface area contributed by atoms with Crippen LogP contribution in [0.4, 0.5) is 10.5 Å². The zero-order valence-electron chi connectivity index (χ0n) is 13.8. The molecule has 0 bridgehead atoms. The van der Waals surface area contributed by atoms with Crippen LogP contribution in [0.15, 0.2) is 12.4 Å². The van der Waals surface area contributed by atoms with Crippen LogP contribution in [0.25, 0.3) is 0 Å². The molecule has 0 aromatic carbocycles. The third kappa shape index (κ3) is 4.05. The molecule has 0 saturated carbocycles. The van der Waals surface area contributed by atoms with Crippen molar-refractivity contribution in [2.75, 3.05) is 51.2 Å². The molecule has 0 unspecified atom stereocenters. The minimum Gasteiger partial charge on any atom is -0.365 e. The quantitative estimate of drug-likeness (QED) is 0.866. The Labute approximate surface area is 152 Å². The summed E-state index contributed by atoms with van der Waals surface area (Å²) in [6.45, 7) is 4.82. The molecule has 3 heterocycles. The molecule has 8 heteroatoms. The molecule has 1 aromatic rings. The number of nitrogens with one attached hydrogen (secondary N) is 1. The highest BCUT2D eigenvalue weighted by molar-refractivity contribution is 6.38. The molecule has 0 radical (unpaired) electrons. The van der Waals surface area contributed by atoms with Gasteiger partial charge in [-0.2, -0.15) is 0 Å². The number of aromatic nitrogens is 1. The molecule has 2 fully saturated rings. The lowest BCUT2D eigenvalue weighted by molar-refractivity contribution is 0.178. The van der Waals surface area contributed by atoms with Gasteiger partial charge in [0.2, 0.25) is 0 Å². The molecule has 1 aromatic heterocycles. The van der Waals surface area contributed by atoms with Crippen LogP contribution < -0.4 is 10.2 Å². The van der Waals surface area contributed by atoms with E-state index in [-0.39, 0.29) is 12.1 Å². The summed E-state index contributed by atoms with van der Waals surface area (Å²) >= 11 is 12.4. The molecule has 1 N–H and O–H groups in total. The van der Waals surface area contributed by atoms with Crippen LogP contribution in [0, 0.1) is 0 Å². The maximum absolute atomic E-state index is 12.4. The van der Waals surface area contributed by atoms with Crippen molar-refractivity contribution < 1.29 is 4.79 Å². The fourth-order valence-corrected chi connectivity index (χ4v) is 3.86. The number of amides is 2. The summed E-state index contributed by atoms with van der Waals surface area (Å²) in [4.78, 5) is 22.7. The standard InChI is InChI=1S/C16H23Cl2N5O/c1-21-4-2-12(3-5-21)20-16(24)23-8-6-22(7-9-23)15-13(17)10-19-11-14(15)18/h10-12H,2-9H2,1H3,(H,20,24). The Morgan fingerprint density at radius 3 is 2.25 bits per heavy atom. The third-order valence-corrected chi connectivity index (χ3v) is 5.31. The lowest BCUT2D eigenvalue weighted by atomic mass is 10.1. The highest BCUT2D eigenvalue weighted by Crippen LogP contribution is 2.33. The Balaban J connectivity index is 1.52. The average molecular weight is 372 g/mol. The minimum atomic E-state index is 0.0381. The van der Waals surface area contributed by atoms with Crippen LogP contribution in [0.3, 0.4) is 0 Å². The molecule has 2 aliphatic rings. The van der Waals surface area contributed by atoms with Gasteiger partial charge in [0.05, 0.1) is 15.7 Å². The van der Waals surface area contributed by atoms with Gasteiger partial charge >= 0.3 is 6.03 Å². The van der Waals surface area contributed by atoms with E-state index in [1.165, 1.54) is 0 Å². The molecule has 0 spiro atoms. The highest BCUT2D eigenvalue weighted by Gasteiger charge is 2.26.